The fraction of sp³-hybridized carbons (Fsp3) is 0.176. The number of nitrogens with one attached hydrogen (secondary N) is 1. The largest absolute Gasteiger partial charge is 0.492 e. The van der Waals surface area contributed by atoms with Gasteiger partial charge in [-0.05, 0) is 42.8 Å². The van der Waals surface area contributed by atoms with Gasteiger partial charge >= 0.3 is 0 Å². The summed E-state index contributed by atoms with van der Waals surface area (Å²) in [6.07, 6.45) is 0. The number of aromatic nitrogens is 3. The number of halogens is 1. The van der Waals surface area contributed by atoms with E-state index in [1.54, 1.807) is 11.8 Å². The second-order valence-corrected chi connectivity index (χ2v) is 6.43. The summed E-state index contributed by atoms with van der Waals surface area (Å²) in [5.41, 5.74) is 2.10. The zero-order chi connectivity index (χ0) is 16.1. The predicted molar refractivity (Wildman–Crippen MR) is 94.2 cm³/mol. The topological polar surface area (TPSA) is 50.8 Å². The fourth-order valence-corrected chi connectivity index (χ4v) is 2.79. The lowest BCUT2D eigenvalue weighted by atomic mass is 10.2. The zero-order valence-corrected chi connectivity index (χ0v) is 14.2. The Kier molecular flexibility index (Phi) is 5.20. The van der Waals surface area contributed by atoms with Gasteiger partial charge in [0.15, 0.2) is 5.82 Å². The molecule has 0 bridgehead atoms. The molecule has 0 aliphatic carbocycles. The Morgan fingerprint density at radius 3 is 2.70 bits per heavy atom. The molecule has 2 aromatic carbocycles. The van der Waals surface area contributed by atoms with Gasteiger partial charge in [0.25, 0.3) is 0 Å². The summed E-state index contributed by atoms with van der Waals surface area (Å²) in [4.78, 5) is 4.47. The minimum absolute atomic E-state index is 0.611. The highest BCUT2D eigenvalue weighted by Crippen LogP contribution is 2.21. The van der Waals surface area contributed by atoms with E-state index in [4.69, 9.17) is 16.3 Å². The van der Waals surface area contributed by atoms with Crippen LogP contribution in [-0.2, 0) is 0 Å². The van der Waals surface area contributed by atoms with Crippen molar-refractivity contribution in [3.05, 3.63) is 59.1 Å². The number of rotatable bonds is 6. The van der Waals surface area contributed by atoms with Crippen molar-refractivity contribution in [2.45, 2.75) is 12.1 Å². The van der Waals surface area contributed by atoms with Gasteiger partial charge in [0.2, 0.25) is 5.16 Å². The number of nitrogens with zero attached hydrogens (tertiary/aromatic N) is 2. The average molecular weight is 346 g/mol. The van der Waals surface area contributed by atoms with Gasteiger partial charge in [-0.3, -0.25) is 5.10 Å². The first-order valence-corrected chi connectivity index (χ1v) is 8.58. The number of thioether (sulfide) groups is 1. The first-order chi connectivity index (χ1) is 11.2. The maximum Gasteiger partial charge on any atom is 0.208 e. The van der Waals surface area contributed by atoms with Crippen molar-refractivity contribution >= 4 is 23.4 Å². The first-order valence-electron chi connectivity index (χ1n) is 7.22. The monoisotopic (exact) mass is 345 g/mol. The average Bonchev–Trinajstić information content (AvgIpc) is 3.03. The predicted octanol–water partition coefficient (Wildman–Crippen LogP) is 4.60. The zero-order valence-electron chi connectivity index (χ0n) is 12.6. The molecule has 118 valence electrons. The van der Waals surface area contributed by atoms with Crippen LogP contribution in [0.5, 0.6) is 5.75 Å². The third-order valence-electron chi connectivity index (χ3n) is 3.25. The molecule has 1 N–H and O–H groups in total. The van der Waals surface area contributed by atoms with Crippen molar-refractivity contribution < 1.29 is 4.74 Å². The molecule has 0 atom stereocenters. The molecule has 0 amide bonds. The summed E-state index contributed by atoms with van der Waals surface area (Å²) < 4.78 is 5.76. The van der Waals surface area contributed by atoms with Gasteiger partial charge < -0.3 is 4.74 Å². The van der Waals surface area contributed by atoms with Crippen molar-refractivity contribution in [1.29, 1.82) is 0 Å². The van der Waals surface area contributed by atoms with Crippen LogP contribution in [-0.4, -0.2) is 27.5 Å². The normalized spacial score (nSPS) is 10.7. The number of H-pyrrole nitrogens is 1. The van der Waals surface area contributed by atoms with Crippen LogP contribution in [0.15, 0.2) is 53.7 Å². The van der Waals surface area contributed by atoms with Crippen molar-refractivity contribution in [1.82, 2.24) is 15.2 Å². The summed E-state index contributed by atoms with van der Waals surface area (Å²) in [5, 5.41) is 8.58. The lowest BCUT2D eigenvalue weighted by molar-refractivity contribution is 0.341. The Bertz CT molecular complexity index is 774. The Morgan fingerprint density at radius 2 is 1.91 bits per heavy atom. The van der Waals surface area contributed by atoms with Crippen LogP contribution in [0, 0.1) is 6.92 Å². The second-order valence-electron chi connectivity index (χ2n) is 4.94. The van der Waals surface area contributed by atoms with E-state index in [9.17, 15) is 0 Å². The van der Waals surface area contributed by atoms with Gasteiger partial charge in [-0.25, -0.2) is 4.98 Å². The molecule has 23 heavy (non-hydrogen) atoms. The third kappa shape index (κ3) is 4.27. The molecule has 4 nitrogen and oxygen atoms in total. The molecule has 6 heteroatoms. The molecule has 3 rings (SSSR count). The van der Waals surface area contributed by atoms with E-state index < -0.39 is 0 Å². The maximum atomic E-state index is 5.89. The quantitative estimate of drug-likeness (QED) is 0.523. The number of ether oxygens (including phenoxy) is 1. The van der Waals surface area contributed by atoms with Crippen LogP contribution in [0.25, 0.3) is 11.4 Å². The summed E-state index contributed by atoms with van der Waals surface area (Å²) in [6, 6.07) is 15.5. The Balaban J connectivity index is 1.52. The Labute approximate surface area is 144 Å². The summed E-state index contributed by atoms with van der Waals surface area (Å²) >= 11 is 7.45. The van der Waals surface area contributed by atoms with E-state index in [2.05, 4.69) is 15.2 Å². The smallest absolute Gasteiger partial charge is 0.208 e. The molecule has 0 spiro atoms. The van der Waals surface area contributed by atoms with E-state index in [0.29, 0.717) is 16.8 Å². The van der Waals surface area contributed by atoms with Crippen LogP contribution < -0.4 is 4.74 Å². The van der Waals surface area contributed by atoms with Gasteiger partial charge in [0.05, 0.1) is 6.61 Å². The van der Waals surface area contributed by atoms with Crippen LogP contribution >= 0.6 is 23.4 Å². The van der Waals surface area contributed by atoms with Gasteiger partial charge in [0, 0.05) is 16.3 Å². The lowest BCUT2D eigenvalue weighted by Crippen LogP contribution is -2.01. The third-order valence-corrected chi connectivity index (χ3v) is 4.31. The molecule has 0 unspecified atom stereocenters. The van der Waals surface area contributed by atoms with Gasteiger partial charge in [-0.1, -0.05) is 41.6 Å². The van der Waals surface area contributed by atoms with E-state index >= 15 is 0 Å². The molecule has 0 radical (unpaired) electrons. The van der Waals surface area contributed by atoms with Gasteiger partial charge in [-0.2, -0.15) is 0 Å². The molecule has 1 heterocycles. The van der Waals surface area contributed by atoms with Crippen molar-refractivity contribution in [3.63, 3.8) is 0 Å². The van der Waals surface area contributed by atoms with E-state index in [1.807, 2.05) is 55.5 Å². The second kappa shape index (κ2) is 7.53. The molecule has 1 aromatic heterocycles. The molecule has 0 aliphatic rings. The van der Waals surface area contributed by atoms with Crippen molar-refractivity contribution in [2.75, 3.05) is 12.4 Å². The Hall–Kier alpha value is -1.98. The summed E-state index contributed by atoms with van der Waals surface area (Å²) in [6.45, 7) is 2.65. The minimum Gasteiger partial charge on any atom is -0.492 e. The standard InChI is InChI=1S/C17H16ClN3OS/c1-12-4-2-3-5-15(12)22-10-11-23-17-19-16(20-21-17)13-6-8-14(18)9-7-13/h2-9H,10-11H2,1H3,(H,19,20,21). The molecule has 3 aromatic rings. The highest BCUT2D eigenvalue weighted by molar-refractivity contribution is 7.99. The summed E-state index contributed by atoms with van der Waals surface area (Å²) in [7, 11) is 0. The van der Waals surface area contributed by atoms with E-state index in [-0.39, 0.29) is 0 Å². The maximum absolute atomic E-state index is 5.89. The number of hydrogen-bond acceptors (Lipinski definition) is 4. The molecule has 0 saturated heterocycles. The first kappa shape index (κ1) is 15.9. The van der Waals surface area contributed by atoms with Gasteiger partial charge in [-0.15, -0.1) is 5.10 Å². The minimum atomic E-state index is 0.611. The lowest BCUT2D eigenvalue weighted by Gasteiger charge is -2.07. The highest BCUT2D eigenvalue weighted by atomic mass is 35.5. The number of para-hydroxylation sites is 1. The van der Waals surface area contributed by atoms with Crippen LogP contribution in [0.2, 0.25) is 5.02 Å². The fourth-order valence-electron chi connectivity index (χ4n) is 2.05. The summed E-state index contributed by atoms with van der Waals surface area (Å²) in [5.74, 6) is 2.45. The van der Waals surface area contributed by atoms with E-state index in [0.717, 1.165) is 28.5 Å². The van der Waals surface area contributed by atoms with Gasteiger partial charge in [0.1, 0.15) is 5.75 Å². The number of benzene rings is 2. The van der Waals surface area contributed by atoms with Crippen LogP contribution in [0.1, 0.15) is 5.56 Å². The SMILES string of the molecule is Cc1ccccc1OCCSc1n[nH]c(-c2ccc(Cl)cc2)n1. The molecular formula is C17H16ClN3OS. The number of aromatic amines is 1. The van der Waals surface area contributed by atoms with Crippen molar-refractivity contribution in [2.24, 2.45) is 0 Å². The molecular weight excluding hydrogens is 330 g/mol. The van der Waals surface area contributed by atoms with Crippen molar-refractivity contribution in [3.8, 4) is 17.1 Å². The number of hydrogen-bond donors (Lipinski definition) is 1. The van der Waals surface area contributed by atoms with Crippen LogP contribution in [0.4, 0.5) is 0 Å². The molecule has 0 saturated carbocycles. The highest BCUT2D eigenvalue weighted by Gasteiger charge is 2.06. The molecule has 0 aliphatic heterocycles. The number of aryl methyl sites for hydroxylation is 1. The Morgan fingerprint density at radius 1 is 1.13 bits per heavy atom. The van der Waals surface area contributed by atoms with E-state index in [1.165, 1.54) is 0 Å². The molecule has 0 fully saturated rings. The van der Waals surface area contributed by atoms with Crippen LogP contribution in [0.3, 0.4) is 0 Å².